The van der Waals surface area contributed by atoms with Gasteiger partial charge in [0.15, 0.2) is 0 Å². The standard InChI is InChI=1S/C25H33N3O4S/c1-17-8-6-10-21(14-17)27-33(31,32)22-15-20(12-11-18(22)2)26-23(29)19-9-7-13-28(16-19)24(30)25(3,4)5/h6,8,10-12,14-15,19,27H,7,9,13,16H2,1-5H3,(H,26,29). The second-order valence-electron chi connectivity index (χ2n) is 9.78. The Bertz CT molecular complexity index is 1150. The van der Waals surface area contributed by atoms with E-state index in [1.807, 2.05) is 33.8 Å². The lowest BCUT2D eigenvalue weighted by Crippen LogP contribution is -2.47. The van der Waals surface area contributed by atoms with Gasteiger partial charge in [0.25, 0.3) is 10.0 Å². The first-order valence-electron chi connectivity index (χ1n) is 11.2. The van der Waals surface area contributed by atoms with Gasteiger partial charge in [-0.3, -0.25) is 14.3 Å². The zero-order chi connectivity index (χ0) is 24.4. The minimum Gasteiger partial charge on any atom is -0.341 e. The Morgan fingerprint density at radius 3 is 2.42 bits per heavy atom. The van der Waals surface area contributed by atoms with Crippen molar-refractivity contribution in [2.45, 2.75) is 52.4 Å². The lowest BCUT2D eigenvalue weighted by molar-refractivity contribution is -0.142. The highest BCUT2D eigenvalue weighted by Crippen LogP contribution is 2.26. The summed E-state index contributed by atoms with van der Waals surface area (Å²) in [7, 11) is -3.83. The number of nitrogens with zero attached hydrogens (tertiary/aromatic N) is 1. The van der Waals surface area contributed by atoms with E-state index in [0.717, 1.165) is 12.0 Å². The van der Waals surface area contributed by atoms with Crippen LogP contribution < -0.4 is 10.0 Å². The summed E-state index contributed by atoms with van der Waals surface area (Å²) in [5, 5.41) is 2.85. The Hall–Kier alpha value is -2.87. The normalized spacial score (nSPS) is 16.9. The lowest BCUT2D eigenvalue weighted by Gasteiger charge is -2.35. The van der Waals surface area contributed by atoms with Crippen molar-refractivity contribution in [1.82, 2.24) is 4.90 Å². The molecule has 1 heterocycles. The number of carbonyl (C=O) groups excluding carboxylic acids is 2. The number of nitrogens with one attached hydrogen (secondary N) is 2. The summed E-state index contributed by atoms with van der Waals surface area (Å²) in [5.41, 5.74) is 1.92. The molecule has 1 aliphatic heterocycles. The Labute approximate surface area is 196 Å². The second-order valence-corrected chi connectivity index (χ2v) is 11.4. The maximum atomic E-state index is 13.0. The van der Waals surface area contributed by atoms with Crippen LogP contribution in [0.4, 0.5) is 11.4 Å². The summed E-state index contributed by atoms with van der Waals surface area (Å²) >= 11 is 0. The van der Waals surface area contributed by atoms with Crippen LogP contribution in [0, 0.1) is 25.2 Å². The molecule has 178 valence electrons. The third kappa shape index (κ3) is 6.13. The first-order valence-corrected chi connectivity index (χ1v) is 12.7. The van der Waals surface area contributed by atoms with Crippen molar-refractivity contribution in [3.8, 4) is 0 Å². The van der Waals surface area contributed by atoms with E-state index in [4.69, 9.17) is 0 Å². The monoisotopic (exact) mass is 471 g/mol. The van der Waals surface area contributed by atoms with Crippen LogP contribution in [0.25, 0.3) is 0 Å². The highest BCUT2D eigenvalue weighted by atomic mass is 32.2. The van der Waals surface area contributed by atoms with Crippen molar-refractivity contribution in [3.05, 3.63) is 53.6 Å². The van der Waals surface area contributed by atoms with Crippen LogP contribution in [0.5, 0.6) is 0 Å². The maximum Gasteiger partial charge on any atom is 0.262 e. The molecule has 2 N–H and O–H groups in total. The zero-order valence-electron chi connectivity index (χ0n) is 19.9. The molecule has 2 aromatic carbocycles. The molecule has 8 heteroatoms. The van der Waals surface area contributed by atoms with E-state index in [9.17, 15) is 18.0 Å². The minimum atomic E-state index is -3.83. The summed E-state index contributed by atoms with van der Waals surface area (Å²) in [5.74, 6) is -0.511. The van der Waals surface area contributed by atoms with Gasteiger partial charge in [-0.25, -0.2) is 8.42 Å². The number of amides is 2. The van der Waals surface area contributed by atoms with Gasteiger partial charge in [-0.2, -0.15) is 0 Å². The molecular formula is C25H33N3O4S. The van der Waals surface area contributed by atoms with Crippen molar-refractivity contribution in [2.75, 3.05) is 23.1 Å². The molecule has 7 nitrogen and oxygen atoms in total. The fourth-order valence-electron chi connectivity index (χ4n) is 3.98. The number of aryl methyl sites for hydroxylation is 2. The van der Waals surface area contributed by atoms with E-state index in [1.54, 1.807) is 42.2 Å². The molecule has 1 saturated heterocycles. The Morgan fingerprint density at radius 2 is 1.76 bits per heavy atom. The molecule has 33 heavy (non-hydrogen) atoms. The Balaban J connectivity index is 1.75. The number of carbonyl (C=O) groups is 2. The van der Waals surface area contributed by atoms with Crippen LogP contribution in [0.2, 0.25) is 0 Å². The lowest BCUT2D eigenvalue weighted by atomic mass is 9.91. The predicted octanol–water partition coefficient (Wildman–Crippen LogP) is 4.33. The van der Waals surface area contributed by atoms with Crippen LogP contribution in [0.1, 0.15) is 44.7 Å². The van der Waals surface area contributed by atoms with Crippen molar-refractivity contribution >= 4 is 33.2 Å². The van der Waals surface area contributed by atoms with Crippen LogP contribution >= 0.6 is 0 Å². The first kappa shape index (κ1) is 24.8. The molecule has 1 fully saturated rings. The molecule has 0 aromatic heterocycles. The predicted molar refractivity (Wildman–Crippen MR) is 131 cm³/mol. The number of hydrogen-bond donors (Lipinski definition) is 2. The summed E-state index contributed by atoms with van der Waals surface area (Å²) in [4.78, 5) is 27.4. The van der Waals surface area contributed by atoms with Crippen LogP contribution in [-0.2, 0) is 19.6 Å². The molecule has 2 aromatic rings. The number of piperidine rings is 1. The quantitative estimate of drug-likeness (QED) is 0.679. The molecule has 0 aliphatic carbocycles. The fraction of sp³-hybridized carbons (Fsp3) is 0.440. The smallest absolute Gasteiger partial charge is 0.262 e. The van der Waals surface area contributed by atoms with E-state index in [1.165, 1.54) is 6.07 Å². The van der Waals surface area contributed by atoms with Crippen LogP contribution in [0.15, 0.2) is 47.4 Å². The largest absolute Gasteiger partial charge is 0.341 e. The topological polar surface area (TPSA) is 95.6 Å². The van der Waals surface area contributed by atoms with Crippen molar-refractivity contribution in [1.29, 1.82) is 0 Å². The van der Waals surface area contributed by atoms with E-state index >= 15 is 0 Å². The van der Waals surface area contributed by atoms with Gasteiger partial charge in [0, 0.05) is 29.9 Å². The van der Waals surface area contributed by atoms with Gasteiger partial charge in [-0.1, -0.05) is 39.0 Å². The van der Waals surface area contributed by atoms with Gasteiger partial charge < -0.3 is 10.2 Å². The van der Waals surface area contributed by atoms with Gasteiger partial charge >= 0.3 is 0 Å². The van der Waals surface area contributed by atoms with Crippen molar-refractivity contribution in [3.63, 3.8) is 0 Å². The average Bonchev–Trinajstić information content (AvgIpc) is 2.73. The molecule has 0 spiro atoms. The first-order chi connectivity index (χ1) is 15.4. The highest BCUT2D eigenvalue weighted by Gasteiger charge is 2.33. The second kappa shape index (κ2) is 9.55. The molecule has 2 amide bonds. The molecule has 1 unspecified atom stereocenters. The maximum absolute atomic E-state index is 13.0. The number of rotatable bonds is 5. The third-order valence-electron chi connectivity index (χ3n) is 5.74. The van der Waals surface area contributed by atoms with Crippen LogP contribution in [0.3, 0.4) is 0 Å². The zero-order valence-corrected chi connectivity index (χ0v) is 20.8. The Kier molecular flexibility index (Phi) is 7.17. The van der Waals surface area contributed by atoms with Gasteiger partial charge in [-0.05, 0) is 62.1 Å². The highest BCUT2D eigenvalue weighted by molar-refractivity contribution is 7.92. The number of benzene rings is 2. The Morgan fingerprint density at radius 1 is 1.03 bits per heavy atom. The number of hydrogen-bond acceptors (Lipinski definition) is 4. The van der Waals surface area contributed by atoms with Gasteiger partial charge in [0.2, 0.25) is 11.8 Å². The van der Waals surface area contributed by atoms with Gasteiger partial charge in [0.1, 0.15) is 0 Å². The average molecular weight is 472 g/mol. The van der Waals surface area contributed by atoms with Gasteiger partial charge in [-0.15, -0.1) is 0 Å². The number of sulfonamides is 1. The SMILES string of the molecule is Cc1cccc(NS(=O)(=O)c2cc(NC(=O)C3CCCN(C(=O)C(C)(C)C)C3)ccc2C)c1. The molecule has 0 bridgehead atoms. The van der Waals surface area contributed by atoms with E-state index in [0.29, 0.717) is 36.4 Å². The summed E-state index contributed by atoms with van der Waals surface area (Å²) in [6, 6.07) is 12.0. The molecule has 0 radical (unpaired) electrons. The van der Waals surface area contributed by atoms with Crippen molar-refractivity contribution < 1.29 is 18.0 Å². The molecule has 0 saturated carbocycles. The third-order valence-corrected chi connectivity index (χ3v) is 7.26. The minimum absolute atomic E-state index is 0.0333. The number of anilines is 2. The molecule has 3 rings (SSSR count). The van der Waals surface area contributed by atoms with Gasteiger partial charge in [0.05, 0.1) is 10.8 Å². The molecule has 1 aliphatic rings. The molecule has 1 atom stereocenters. The van der Waals surface area contributed by atoms with E-state index < -0.39 is 15.4 Å². The van der Waals surface area contributed by atoms with E-state index in [2.05, 4.69) is 10.0 Å². The summed E-state index contributed by atoms with van der Waals surface area (Å²) in [6.07, 6.45) is 1.44. The molecular weight excluding hydrogens is 438 g/mol. The van der Waals surface area contributed by atoms with E-state index in [-0.39, 0.29) is 22.6 Å². The van der Waals surface area contributed by atoms with Crippen LogP contribution in [-0.4, -0.2) is 38.2 Å². The fourth-order valence-corrected chi connectivity index (χ4v) is 5.30. The summed E-state index contributed by atoms with van der Waals surface area (Å²) in [6.45, 7) is 10.2. The number of likely N-dealkylation sites (tertiary alicyclic amines) is 1. The van der Waals surface area contributed by atoms with Crippen molar-refractivity contribution in [2.24, 2.45) is 11.3 Å². The summed E-state index contributed by atoms with van der Waals surface area (Å²) < 4.78 is 28.6.